The molecule has 0 spiro atoms. The van der Waals surface area contributed by atoms with Gasteiger partial charge in [0.05, 0.1) is 0 Å². The molecule has 6 heteroatoms. The maximum atomic E-state index is 13.4. The van der Waals surface area contributed by atoms with E-state index in [0.29, 0.717) is 17.7 Å². The van der Waals surface area contributed by atoms with Gasteiger partial charge in [0.1, 0.15) is 0 Å². The van der Waals surface area contributed by atoms with Gasteiger partial charge in [-0.1, -0.05) is 12.1 Å². The molecule has 0 radical (unpaired) electrons. The third-order valence-electron chi connectivity index (χ3n) is 4.63. The van der Waals surface area contributed by atoms with Gasteiger partial charge in [0.15, 0.2) is 17.5 Å². The lowest BCUT2D eigenvalue weighted by molar-refractivity contribution is 0.0619. The predicted molar refractivity (Wildman–Crippen MR) is 89.5 cm³/mol. The molecule has 1 aliphatic rings. The second-order valence-electron chi connectivity index (χ2n) is 6.46. The van der Waals surface area contributed by atoms with Crippen molar-refractivity contribution < 1.29 is 18.0 Å². The van der Waals surface area contributed by atoms with E-state index in [-0.39, 0.29) is 23.6 Å². The highest BCUT2D eigenvalue weighted by Crippen LogP contribution is 2.25. The number of amides is 1. The lowest BCUT2D eigenvalue weighted by atomic mass is 9.97. The molecular weight excluding hydrogens is 329 g/mol. The smallest absolute Gasteiger partial charge is 0.254 e. The van der Waals surface area contributed by atoms with Crippen molar-refractivity contribution in [1.82, 2.24) is 4.90 Å². The van der Waals surface area contributed by atoms with Crippen LogP contribution in [0.4, 0.5) is 13.2 Å². The minimum atomic E-state index is -1.49. The summed E-state index contributed by atoms with van der Waals surface area (Å²) in [6.45, 7) is 2.58. The Morgan fingerprint density at radius 3 is 2.24 bits per heavy atom. The first-order chi connectivity index (χ1) is 11.9. The Morgan fingerprint density at radius 2 is 1.68 bits per heavy atom. The Labute approximate surface area is 144 Å². The van der Waals surface area contributed by atoms with Gasteiger partial charge in [-0.25, -0.2) is 13.2 Å². The van der Waals surface area contributed by atoms with Crippen LogP contribution in [0.15, 0.2) is 36.4 Å². The van der Waals surface area contributed by atoms with Crippen LogP contribution in [0.25, 0.3) is 11.1 Å². The third kappa shape index (κ3) is 3.54. The molecule has 0 unspecified atom stereocenters. The van der Waals surface area contributed by atoms with E-state index in [1.165, 1.54) is 0 Å². The number of carbonyl (C=O) groups is 1. The summed E-state index contributed by atoms with van der Waals surface area (Å²) in [6.07, 6.45) is 1.53. The molecule has 0 aliphatic carbocycles. The largest absolute Gasteiger partial charge is 0.336 e. The summed E-state index contributed by atoms with van der Waals surface area (Å²) in [6, 6.07) is 8.46. The Morgan fingerprint density at radius 1 is 1.08 bits per heavy atom. The zero-order valence-electron chi connectivity index (χ0n) is 13.8. The van der Waals surface area contributed by atoms with Crippen molar-refractivity contribution in [3.63, 3.8) is 0 Å². The molecule has 3 rings (SSSR count). The summed E-state index contributed by atoms with van der Waals surface area (Å²) in [5, 5.41) is 0. The highest BCUT2D eigenvalue weighted by Gasteiger charge is 2.27. The van der Waals surface area contributed by atoms with Crippen molar-refractivity contribution in [1.29, 1.82) is 0 Å². The molecule has 1 saturated heterocycles. The van der Waals surface area contributed by atoms with Crippen molar-refractivity contribution in [2.75, 3.05) is 6.54 Å². The average Bonchev–Trinajstić information content (AvgIpc) is 2.59. The molecular formula is C19H19F3N2O. The molecule has 1 amide bonds. The maximum Gasteiger partial charge on any atom is 0.254 e. The van der Waals surface area contributed by atoms with Crippen LogP contribution in [0, 0.1) is 17.5 Å². The molecule has 2 N–H and O–H groups in total. The number of carbonyl (C=O) groups excluding carboxylic acids is 1. The highest BCUT2D eigenvalue weighted by molar-refractivity contribution is 5.95. The number of rotatable bonds is 2. The molecule has 3 nitrogen and oxygen atoms in total. The Bertz CT molecular complexity index is 769. The number of nitrogens with zero attached hydrogens (tertiary/aromatic N) is 1. The standard InChI is InChI=1S/C19H19F3N2O/c1-11-8-15(23)6-7-24(11)19(25)13-4-2-12(3-5-13)14-9-16(20)18(22)17(21)10-14/h2-5,9-11,15H,6-8,23H2,1H3/t11-,15-/m0/s1. The van der Waals surface area contributed by atoms with Crippen LogP contribution in [-0.2, 0) is 0 Å². The zero-order chi connectivity index (χ0) is 18.1. The molecule has 1 aliphatic heterocycles. The van der Waals surface area contributed by atoms with Gasteiger partial charge in [-0.2, -0.15) is 0 Å². The van der Waals surface area contributed by atoms with Gasteiger partial charge in [-0.3, -0.25) is 4.79 Å². The van der Waals surface area contributed by atoms with Gasteiger partial charge in [-0.05, 0) is 55.2 Å². The van der Waals surface area contributed by atoms with E-state index in [0.717, 1.165) is 25.0 Å². The van der Waals surface area contributed by atoms with Crippen LogP contribution < -0.4 is 5.73 Å². The number of benzene rings is 2. The second-order valence-corrected chi connectivity index (χ2v) is 6.46. The number of piperidine rings is 1. The van der Waals surface area contributed by atoms with E-state index >= 15 is 0 Å². The fraction of sp³-hybridized carbons (Fsp3) is 0.316. The maximum absolute atomic E-state index is 13.4. The SMILES string of the molecule is C[C@H]1C[C@@H](N)CCN1C(=O)c1ccc(-c2cc(F)c(F)c(F)c2)cc1. The molecule has 25 heavy (non-hydrogen) atoms. The number of hydrogen-bond acceptors (Lipinski definition) is 2. The van der Waals surface area contributed by atoms with Crippen LogP contribution in [0.5, 0.6) is 0 Å². The topological polar surface area (TPSA) is 46.3 Å². The molecule has 1 heterocycles. The van der Waals surface area contributed by atoms with Crippen LogP contribution in [0.1, 0.15) is 30.1 Å². The van der Waals surface area contributed by atoms with Gasteiger partial charge in [-0.15, -0.1) is 0 Å². The minimum Gasteiger partial charge on any atom is -0.336 e. The van der Waals surface area contributed by atoms with Crippen molar-refractivity contribution in [2.45, 2.75) is 31.8 Å². The lowest BCUT2D eigenvalue weighted by Gasteiger charge is -2.36. The first-order valence-corrected chi connectivity index (χ1v) is 8.18. The Hall–Kier alpha value is -2.34. The zero-order valence-corrected chi connectivity index (χ0v) is 13.8. The van der Waals surface area contributed by atoms with Gasteiger partial charge in [0, 0.05) is 24.2 Å². The molecule has 2 aromatic rings. The molecule has 0 saturated carbocycles. The van der Waals surface area contributed by atoms with E-state index in [9.17, 15) is 18.0 Å². The lowest BCUT2D eigenvalue weighted by Crippen LogP contribution is -2.48. The number of likely N-dealkylation sites (tertiary alicyclic amines) is 1. The summed E-state index contributed by atoms with van der Waals surface area (Å²) in [5.74, 6) is -4.07. The fourth-order valence-electron chi connectivity index (χ4n) is 3.20. The first-order valence-electron chi connectivity index (χ1n) is 8.18. The summed E-state index contributed by atoms with van der Waals surface area (Å²) >= 11 is 0. The van der Waals surface area contributed by atoms with Crippen LogP contribution >= 0.6 is 0 Å². The minimum absolute atomic E-state index is 0.0659. The Balaban J connectivity index is 1.82. The molecule has 2 aromatic carbocycles. The Kier molecular flexibility index (Phi) is 4.81. The summed E-state index contributed by atoms with van der Waals surface area (Å²) in [7, 11) is 0. The number of halogens is 3. The van der Waals surface area contributed by atoms with E-state index in [1.54, 1.807) is 29.2 Å². The summed E-state index contributed by atoms with van der Waals surface area (Å²) < 4.78 is 39.8. The molecule has 1 fully saturated rings. The van der Waals surface area contributed by atoms with Crippen molar-refractivity contribution in [3.8, 4) is 11.1 Å². The van der Waals surface area contributed by atoms with Crippen LogP contribution in [0.2, 0.25) is 0 Å². The van der Waals surface area contributed by atoms with Crippen LogP contribution in [0.3, 0.4) is 0 Å². The molecule has 132 valence electrons. The van der Waals surface area contributed by atoms with Crippen LogP contribution in [-0.4, -0.2) is 29.4 Å². The highest BCUT2D eigenvalue weighted by atomic mass is 19.2. The quantitative estimate of drug-likeness (QED) is 0.841. The van der Waals surface area contributed by atoms with E-state index in [4.69, 9.17) is 5.73 Å². The number of hydrogen-bond donors (Lipinski definition) is 1. The molecule has 2 atom stereocenters. The average molecular weight is 348 g/mol. The van der Waals surface area contributed by atoms with Gasteiger partial charge in [0.25, 0.3) is 5.91 Å². The summed E-state index contributed by atoms with van der Waals surface area (Å²) in [4.78, 5) is 14.4. The fourth-order valence-corrected chi connectivity index (χ4v) is 3.20. The third-order valence-corrected chi connectivity index (χ3v) is 4.63. The van der Waals surface area contributed by atoms with Gasteiger partial charge >= 0.3 is 0 Å². The van der Waals surface area contributed by atoms with E-state index in [1.807, 2.05) is 6.92 Å². The summed E-state index contributed by atoms with van der Waals surface area (Å²) in [5.41, 5.74) is 7.13. The monoisotopic (exact) mass is 348 g/mol. The molecule has 0 bridgehead atoms. The van der Waals surface area contributed by atoms with Gasteiger partial charge in [0.2, 0.25) is 0 Å². The number of nitrogens with two attached hydrogens (primary N) is 1. The second kappa shape index (κ2) is 6.88. The first kappa shape index (κ1) is 17.5. The molecule has 0 aromatic heterocycles. The van der Waals surface area contributed by atoms with Crippen molar-refractivity contribution in [3.05, 3.63) is 59.4 Å². The van der Waals surface area contributed by atoms with Gasteiger partial charge < -0.3 is 10.6 Å². The van der Waals surface area contributed by atoms with E-state index in [2.05, 4.69) is 0 Å². The predicted octanol–water partition coefficient (Wildman–Crippen LogP) is 3.72. The normalized spacial score (nSPS) is 20.6. The van der Waals surface area contributed by atoms with Crippen molar-refractivity contribution >= 4 is 5.91 Å². The van der Waals surface area contributed by atoms with E-state index < -0.39 is 17.5 Å². The van der Waals surface area contributed by atoms with Crippen molar-refractivity contribution in [2.24, 2.45) is 5.73 Å².